The zero-order valence-corrected chi connectivity index (χ0v) is 15.3. The minimum atomic E-state index is -0.453. The molecule has 0 N–H and O–H groups in total. The van der Waals surface area contributed by atoms with E-state index in [0.717, 1.165) is 21.3 Å². The minimum Gasteiger partial charge on any atom is -0.482 e. The smallest absolute Gasteiger partial charge is 0.260 e. The molecule has 0 aliphatic heterocycles. The van der Waals surface area contributed by atoms with Crippen molar-refractivity contribution in [2.45, 2.75) is 13.0 Å². The van der Waals surface area contributed by atoms with Gasteiger partial charge in [-0.15, -0.1) is 11.3 Å². The highest BCUT2D eigenvalue weighted by atomic mass is 35.5. The summed E-state index contributed by atoms with van der Waals surface area (Å²) in [5, 5.41) is 0.992. The van der Waals surface area contributed by atoms with E-state index in [9.17, 15) is 9.18 Å². The molecule has 0 spiro atoms. The Balaban J connectivity index is 1.66. The van der Waals surface area contributed by atoms with Gasteiger partial charge in [0.2, 0.25) is 0 Å². The number of carbonyl (C=O) groups excluding carboxylic acids is 1. The van der Waals surface area contributed by atoms with Crippen LogP contribution in [0.5, 0.6) is 5.75 Å². The molecule has 1 amide bonds. The Morgan fingerprint density at radius 2 is 2.12 bits per heavy atom. The first-order chi connectivity index (χ1) is 12.0. The summed E-state index contributed by atoms with van der Waals surface area (Å²) in [7, 11) is 1.70. The van der Waals surface area contributed by atoms with Gasteiger partial charge in [0, 0.05) is 7.05 Å². The Labute approximate surface area is 153 Å². The average molecular weight is 379 g/mol. The first-order valence-corrected chi connectivity index (χ1v) is 8.84. The number of nitrogens with zero attached hydrogens (tertiary/aromatic N) is 2. The molecule has 0 unspecified atom stereocenters. The summed E-state index contributed by atoms with van der Waals surface area (Å²) >= 11 is 7.46. The molecule has 2 aromatic carbocycles. The molecule has 0 saturated carbocycles. The maximum Gasteiger partial charge on any atom is 0.260 e. The van der Waals surface area contributed by atoms with Gasteiger partial charge in [-0.25, -0.2) is 9.37 Å². The molecule has 1 atom stereocenters. The summed E-state index contributed by atoms with van der Waals surface area (Å²) < 4.78 is 19.5. The van der Waals surface area contributed by atoms with E-state index in [4.69, 9.17) is 16.3 Å². The van der Waals surface area contributed by atoms with Crippen LogP contribution in [0, 0.1) is 5.82 Å². The number of halogens is 2. The number of thiazole rings is 1. The van der Waals surface area contributed by atoms with E-state index in [-0.39, 0.29) is 29.3 Å². The van der Waals surface area contributed by atoms with Gasteiger partial charge >= 0.3 is 0 Å². The first-order valence-electron chi connectivity index (χ1n) is 7.64. The van der Waals surface area contributed by atoms with Crippen molar-refractivity contribution in [2.75, 3.05) is 13.7 Å². The van der Waals surface area contributed by atoms with Gasteiger partial charge in [-0.1, -0.05) is 23.7 Å². The Bertz CT molecular complexity index is 882. The summed E-state index contributed by atoms with van der Waals surface area (Å²) in [6.45, 7) is 1.73. The highest BCUT2D eigenvalue weighted by molar-refractivity contribution is 7.18. The molecule has 7 heteroatoms. The van der Waals surface area contributed by atoms with E-state index in [1.165, 1.54) is 12.1 Å². The summed E-state index contributed by atoms with van der Waals surface area (Å²) in [6.07, 6.45) is 0. The predicted molar refractivity (Wildman–Crippen MR) is 97.7 cm³/mol. The molecule has 3 aromatic rings. The summed E-state index contributed by atoms with van der Waals surface area (Å²) in [4.78, 5) is 18.5. The molecule has 1 aromatic heterocycles. The van der Waals surface area contributed by atoms with E-state index in [0.29, 0.717) is 0 Å². The lowest BCUT2D eigenvalue weighted by atomic mass is 10.3. The molecular weight excluding hydrogens is 363 g/mol. The largest absolute Gasteiger partial charge is 0.482 e. The Hall–Kier alpha value is -2.18. The third-order valence-corrected chi connectivity index (χ3v) is 5.39. The number of hydrogen-bond acceptors (Lipinski definition) is 4. The first kappa shape index (κ1) is 17.6. The van der Waals surface area contributed by atoms with E-state index in [2.05, 4.69) is 4.98 Å². The van der Waals surface area contributed by atoms with Crippen LogP contribution in [0.2, 0.25) is 5.02 Å². The molecule has 0 saturated heterocycles. The molecular formula is C18H16ClFN2O2S. The number of rotatable bonds is 5. The Morgan fingerprint density at radius 1 is 1.36 bits per heavy atom. The van der Waals surface area contributed by atoms with Gasteiger partial charge in [0.1, 0.15) is 16.6 Å². The fourth-order valence-corrected chi connectivity index (χ4v) is 3.57. The van der Waals surface area contributed by atoms with Crippen molar-refractivity contribution in [1.82, 2.24) is 9.88 Å². The zero-order chi connectivity index (χ0) is 18.0. The minimum absolute atomic E-state index is 0.134. The van der Waals surface area contributed by atoms with E-state index >= 15 is 0 Å². The summed E-state index contributed by atoms with van der Waals surface area (Å²) in [5.74, 6) is -0.394. The SMILES string of the molecule is C[C@H](c1nc2ccccc2s1)N(C)C(=O)COc1ccc(F)cc1Cl. The van der Waals surface area contributed by atoms with E-state index in [1.807, 2.05) is 31.2 Å². The van der Waals surface area contributed by atoms with Gasteiger partial charge in [-0.05, 0) is 37.3 Å². The number of carbonyl (C=O) groups is 1. The number of likely N-dealkylation sites (N-methyl/N-ethyl adjacent to an activating group) is 1. The number of hydrogen-bond donors (Lipinski definition) is 0. The second-order valence-corrected chi connectivity index (χ2v) is 7.03. The quantitative estimate of drug-likeness (QED) is 0.647. The molecule has 4 nitrogen and oxygen atoms in total. The van der Waals surface area contributed by atoms with Gasteiger partial charge in [0.05, 0.1) is 21.3 Å². The molecule has 25 heavy (non-hydrogen) atoms. The van der Waals surface area contributed by atoms with Gasteiger partial charge in [-0.3, -0.25) is 4.79 Å². The number of ether oxygens (including phenoxy) is 1. The van der Waals surface area contributed by atoms with Crippen molar-refractivity contribution in [3.63, 3.8) is 0 Å². The van der Waals surface area contributed by atoms with Crippen LogP contribution in [0.4, 0.5) is 4.39 Å². The Kier molecular flexibility index (Phi) is 5.20. The highest BCUT2D eigenvalue weighted by Gasteiger charge is 2.21. The summed E-state index contributed by atoms with van der Waals surface area (Å²) in [6, 6.07) is 11.5. The van der Waals surface area contributed by atoms with Crippen LogP contribution >= 0.6 is 22.9 Å². The van der Waals surface area contributed by atoms with Gasteiger partial charge in [0.15, 0.2) is 6.61 Å². The second-order valence-electron chi connectivity index (χ2n) is 5.56. The molecule has 130 valence electrons. The van der Waals surface area contributed by atoms with Gasteiger partial charge in [0.25, 0.3) is 5.91 Å². The van der Waals surface area contributed by atoms with Crippen molar-refractivity contribution < 1.29 is 13.9 Å². The lowest BCUT2D eigenvalue weighted by Gasteiger charge is -2.23. The maximum atomic E-state index is 13.0. The van der Waals surface area contributed by atoms with Crippen LogP contribution in [-0.4, -0.2) is 29.4 Å². The number of fused-ring (bicyclic) bond motifs is 1. The standard InChI is InChI=1S/C18H16ClFN2O2S/c1-11(18-21-14-5-3-4-6-16(14)25-18)22(2)17(23)10-24-15-8-7-12(20)9-13(15)19/h3-9,11H,10H2,1-2H3/t11-/m1/s1. The van der Waals surface area contributed by atoms with Crippen LogP contribution in [0.1, 0.15) is 18.0 Å². The van der Waals surface area contributed by atoms with E-state index in [1.54, 1.807) is 23.3 Å². The molecule has 0 radical (unpaired) electrons. The lowest BCUT2D eigenvalue weighted by Crippen LogP contribution is -2.33. The fourth-order valence-electron chi connectivity index (χ4n) is 2.28. The van der Waals surface area contributed by atoms with Gasteiger partial charge < -0.3 is 9.64 Å². The molecule has 0 aliphatic carbocycles. The second kappa shape index (κ2) is 7.37. The highest BCUT2D eigenvalue weighted by Crippen LogP contribution is 2.29. The van der Waals surface area contributed by atoms with Crippen LogP contribution in [0.25, 0.3) is 10.2 Å². The van der Waals surface area contributed by atoms with Crippen molar-refractivity contribution in [3.05, 3.63) is 58.3 Å². The number of aromatic nitrogens is 1. The topological polar surface area (TPSA) is 42.4 Å². The molecule has 0 fully saturated rings. The number of benzene rings is 2. The fraction of sp³-hybridized carbons (Fsp3) is 0.222. The predicted octanol–water partition coefficient (Wildman–Crippen LogP) is 4.69. The van der Waals surface area contributed by atoms with Crippen LogP contribution in [0.15, 0.2) is 42.5 Å². The van der Waals surface area contributed by atoms with Crippen molar-refractivity contribution in [1.29, 1.82) is 0 Å². The zero-order valence-electron chi connectivity index (χ0n) is 13.7. The normalized spacial score (nSPS) is 12.2. The van der Waals surface area contributed by atoms with Crippen LogP contribution in [0.3, 0.4) is 0 Å². The lowest BCUT2D eigenvalue weighted by molar-refractivity contribution is -0.134. The molecule has 0 bridgehead atoms. The molecule has 3 rings (SSSR count). The Morgan fingerprint density at radius 3 is 2.84 bits per heavy atom. The van der Waals surface area contributed by atoms with Crippen molar-refractivity contribution in [2.24, 2.45) is 0 Å². The maximum absolute atomic E-state index is 13.0. The third-order valence-electron chi connectivity index (χ3n) is 3.89. The van der Waals surface area contributed by atoms with Crippen LogP contribution < -0.4 is 4.74 Å². The number of para-hydroxylation sites is 1. The third kappa shape index (κ3) is 3.91. The van der Waals surface area contributed by atoms with Crippen LogP contribution in [-0.2, 0) is 4.79 Å². The monoisotopic (exact) mass is 378 g/mol. The van der Waals surface area contributed by atoms with E-state index < -0.39 is 5.82 Å². The summed E-state index contributed by atoms with van der Waals surface area (Å²) in [5.41, 5.74) is 0.921. The molecule has 1 heterocycles. The van der Waals surface area contributed by atoms with Gasteiger partial charge in [-0.2, -0.15) is 0 Å². The molecule has 0 aliphatic rings. The average Bonchev–Trinajstić information content (AvgIpc) is 3.03. The number of amides is 1. The van der Waals surface area contributed by atoms with Crippen molar-refractivity contribution >= 4 is 39.1 Å². The van der Waals surface area contributed by atoms with Crippen molar-refractivity contribution in [3.8, 4) is 5.75 Å².